The second-order valence-electron chi connectivity index (χ2n) is 4.90. The monoisotopic (exact) mass is 333 g/mol. The maximum Gasteiger partial charge on any atom is 0.274 e. The molecular formula is C15H12ClN3O4. The maximum absolute atomic E-state index is 11.3. The van der Waals surface area contributed by atoms with Crippen LogP contribution in [-0.2, 0) is 11.3 Å². The summed E-state index contributed by atoms with van der Waals surface area (Å²) >= 11 is 6.17. The number of anilines is 2. The number of carbonyl (C=O) groups is 1. The van der Waals surface area contributed by atoms with Crippen molar-refractivity contribution in [2.75, 3.05) is 17.2 Å². The molecule has 1 amide bonds. The zero-order valence-corrected chi connectivity index (χ0v) is 12.6. The van der Waals surface area contributed by atoms with Crippen LogP contribution in [0.3, 0.4) is 0 Å². The molecule has 1 aliphatic rings. The van der Waals surface area contributed by atoms with Crippen LogP contribution in [0.5, 0.6) is 5.75 Å². The molecule has 118 valence electrons. The summed E-state index contributed by atoms with van der Waals surface area (Å²) in [6.45, 7) is 0.181. The minimum Gasteiger partial charge on any atom is -0.482 e. The first-order valence-electron chi connectivity index (χ1n) is 6.77. The van der Waals surface area contributed by atoms with E-state index in [9.17, 15) is 14.9 Å². The van der Waals surface area contributed by atoms with Gasteiger partial charge in [-0.1, -0.05) is 29.8 Å². The van der Waals surface area contributed by atoms with Crippen molar-refractivity contribution in [1.82, 2.24) is 0 Å². The van der Waals surface area contributed by atoms with Crippen LogP contribution < -0.4 is 15.4 Å². The molecule has 2 N–H and O–H groups in total. The smallest absolute Gasteiger partial charge is 0.274 e. The molecule has 0 unspecified atom stereocenters. The molecule has 7 nitrogen and oxygen atoms in total. The van der Waals surface area contributed by atoms with Crippen molar-refractivity contribution in [3.8, 4) is 5.75 Å². The van der Waals surface area contributed by atoms with Gasteiger partial charge in [0.1, 0.15) is 5.75 Å². The first kappa shape index (κ1) is 15.1. The molecule has 2 aromatic rings. The Balaban J connectivity index is 1.82. The van der Waals surface area contributed by atoms with Gasteiger partial charge in [0.25, 0.3) is 11.6 Å². The standard InChI is InChI=1S/C15H12ClN3O4/c16-10-5-12-14(23-8-15(20)18-12)6-11(10)17-7-9-3-1-2-4-13(9)19(21)22/h1-6,17H,7-8H2,(H,18,20). The Kier molecular flexibility index (Phi) is 4.03. The number of nitrogens with zero attached hydrogens (tertiary/aromatic N) is 1. The van der Waals surface area contributed by atoms with Crippen molar-refractivity contribution in [3.05, 3.63) is 57.1 Å². The predicted molar refractivity (Wildman–Crippen MR) is 86.0 cm³/mol. The summed E-state index contributed by atoms with van der Waals surface area (Å²) in [5.74, 6) is 0.258. The van der Waals surface area contributed by atoms with Crippen LogP contribution in [0.15, 0.2) is 36.4 Å². The number of nitro groups is 1. The lowest BCUT2D eigenvalue weighted by atomic mass is 10.1. The third kappa shape index (κ3) is 3.19. The fourth-order valence-electron chi connectivity index (χ4n) is 2.26. The molecule has 3 rings (SSSR count). The van der Waals surface area contributed by atoms with Crippen LogP contribution >= 0.6 is 11.6 Å². The van der Waals surface area contributed by atoms with E-state index in [4.69, 9.17) is 16.3 Å². The van der Waals surface area contributed by atoms with E-state index in [1.54, 1.807) is 30.3 Å². The molecule has 0 atom stereocenters. The molecule has 23 heavy (non-hydrogen) atoms. The number of amides is 1. The summed E-state index contributed by atoms with van der Waals surface area (Å²) in [5.41, 5.74) is 1.65. The van der Waals surface area contributed by atoms with E-state index in [1.165, 1.54) is 6.07 Å². The highest BCUT2D eigenvalue weighted by Crippen LogP contribution is 2.36. The normalized spacial score (nSPS) is 12.8. The molecule has 2 aromatic carbocycles. The Morgan fingerprint density at radius 1 is 1.35 bits per heavy atom. The van der Waals surface area contributed by atoms with E-state index in [0.29, 0.717) is 27.7 Å². The van der Waals surface area contributed by atoms with Gasteiger partial charge in [0.15, 0.2) is 6.61 Å². The predicted octanol–water partition coefficient (Wildman–Crippen LogP) is 3.19. The second kappa shape index (κ2) is 6.13. The van der Waals surface area contributed by atoms with Gasteiger partial charge in [0.05, 0.1) is 21.3 Å². The minimum atomic E-state index is -0.426. The SMILES string of the molecule is O=C1COc2cc(NCc3ccccc3[N+](=O)[O-])c(Cl)cc2N1. The number of halogens is 1. The number of hydrogen-bond acceptors (Lipinski definition) is 5. The Morgan fingerprint density at radius 3 is 2.91 bits per heavy atom. The molecule has 0 aliphatic carbocycles. The lowest BCUT2D eigenvalue weighted by Crippen LogP contribution is -2.25. The van der Waals surface area contributed by atoms with Crippen LogP contribution in [-0.4, -0.2) is 17.4 Å². The lowest BCUT2D eigenvalue weighted by molar-refractivity contribution is -0.385. The molecule has 0 aromatic heterocycles. The Bertz CT molecular complexity index is 794. The molecule has 0 fully saturated rings. The van der Waals surface area contributed by atoms with E-state index in [0.717, 1.165) is 0 Å². The van der Waals surface area contributed by atoms with Crippen molar-refractivity contribution in [1.29, 1.82) is 0 Å². The van der Waals surface area contributed by atoms with Crippen LogP contribution in [0, 0.1) is 10.1 Å². The molecule has 0 saturated carbocycles. The first-order chi connectivity index (χ1) is 11.0. The molecule has 1 heterocycles. The fraction of sp³-hybridized carbons (Fsp3) is 0.133. The van der Waals surface area contributed by atoms with Crippen molar-refractivity contribution in [3.63, 3.8) is 0 Å². The number of rotatable bonds is 4. The van der Waals surface area contributed by atoms with E-state index >= 15 is 0 Å². The summed E-state index contributed by atoms with van der Waals surface area (Å²) in [6.07, 6.45) is 0. The van der Waals surface area contributed by atoms with Crippen LogP contribution in [0.2, 0.25) is 5.02 Å². The first-order valence-corrected chi connectivity index (χ1v) is 7.15. The number of carbonyl (C=O) groups excluding carboxylic acids is 1. The fourth-order valence-corrected chi connectivity index (χ4v) is 2.49. The van der Waals surface area contributed by atoms with Crippen LogP contribution in [0.25, 0.3) is 0 Å². The Morgan fingerprint density at radius 2 is 2.13 bits per heavy atom. The van der Waals surface area contributed by atoms with Gasteiger partial charge >= 0.3 is 0 Å². The highest BCUT2D eigenvalue weighted by atomic mass is 35.5. The molecule has 8 heteroatoms. The molecule has 0 bridgehead atoms. The summed E-state index contributed by atoms with van der Waals surface area (Å²) < 4.78 is 5.33. The number of hydrogen-bond donors (Lipinski definition) is 2. The van der Waals surface area contributed by atoms with Gasteiger partial charge in [-0.05, 0) is 6.07 Å². The number of nitro benzene ring substituents is 1. The van der Waals surface area contributed by atoms with Gasteiger partial charge in [-0.15, -0.1) is 0 Å². The number of benzene rings is 2. The van der Waals surface area contributed by atoms with Crippen molar-refractivity contribution in [2.45, 2.75) is 6.54 Å². The summed E-state index contributed by atoms with van der Waals surface area (Å²) in [5, 5.41) is 17.1. The summed E-state index contributed by atoms with van der Waals surface area (Å²) in [4.78, 5) is 21.9. The van der Waals surface area contributed by atoms with Gasteiger partial charge < -0.3 is 15.4 Å². The average Bonchev–Trinajstić information content (AvgIpc) is 2.53. The topological polar surface area (TPSA) is 93.5 Å². The highest BCUT2D eigenvalue weighted by Gasteiger charge is 2.19. The molecule has 0 spiro atoms. The van der Waals surface area contributed by atoms with Gasteiger partial charge in [-0.3, -0.25) is 14.9 Å². The number of para-hydroxylation sites is 1. The largest absolute Gasteiger partial charge is 0.482 e. The minimum absolute atomic E-state index is 0.0394. The highest BCUT2D eigenvalue weighted by molar-refractivity contribution is 6.33. The van der Waals surface area contributed by atoms with Gasteiger partial charge in [0.2, 0.25) is 0 Å². The summed E-state index contributed by atoms with van der Waals surface area (Å²) in [7, 11) is 0. The van der Waals surface area contributed by atoms with E-state index in [2.05, 4.69) is 10.6 Å². The van der Waals surface area contributed by atoms with E-state index < -0.39 is 4.92 Å². The molecule has 0 saturated heterocycles. The zero-order valence-electron chi connectivity index (χ0n) is 11.8. The third-order valence-electron chi connectivity index (χ3n) is 3.36. The quantitative estimate of drug-likeness (QED) is 0.662. The van der Waals surface area contributed by atoms with E-state index in [1.807, 2.05) is 0 Å². The Hall–Kier alpha value is -2.80. The maximum atomic E-state index is 11.3. The van der Waals surface area contributed by atoms with Gasteiger partial charge in [0, 0.05) is 24.2 Å². The van der Waals surface area contributed by atoms with Crippen molar-refractivity contribution >= 4 is 34.6 Å². The van der Waals surface area contributed by atoms with Gasteiger partial charge in [-0.25, -0.2) is 0 Å². The second-order valence-corrected chi connectivity index (χ2v) is 5.31. The number of fused-ring (bicyclic) bond motifs is 1. The van der Waals surface area contributed by atoms with Crippen LogP contribution in [0.1, 0.15) is 5.56 Å². The molecule has 0 radical (unpaired) electrons. The Labute approximate surface area is 136 Å². The zero-order chi connectivity index (χ0) is 16.4. The third-order valence-corrected chi connectivity index (χ3v) is 3.67. The van der Waals surface area contributed by atoms with Crippen molar-refractivity contribution in [2.24, 2.45) is 0 Å². The lowest BCUT2D eigenvalue weighted by Gasteiger charge is -2.20. The van der Waals surface area contributed by atoms with Crippen LogP contribution in [0.4, 0.5) is 17.1 Å². The van der Waals surface area contributed by atoms with Gasteiger partial charge in [-0.2, -0.15) is 0 Å². The number of ether oxygens (including phenoxy) is 1. The molecular weight excluding hydrogens is 322 g/mol. The average molecular weight is 334 g/mol. The summed E-state index contributed by atoms with van der Waals surface area (Å²) in [6, 6.07) is 9.71. The number of nitrogens with one attached hydrogen (secondary N) is 2. The van der Waals surface area contributed by atoms with E-state index in [-0.39, 0.29) is 24.7 Å². The molecule has 1 aliphatic heterocycles. The van der Waals surface area contributed by atoms with Crippen molar-refractivity contribution < 1.29 is 14.5 Å².